The molecule has 282 valence electrons. The highest BCUT2D eigenvalue weighted by molar-refractivity contribution is 5.87. The van der Waals surface area contributed by atoms with E-state index in [2.05, 4.69) is 6.58 Å². The minimum Gasteiger partial charge on any atom is -0.462 e. The third-order valence-corrected chi connectivity index (χ3v) is 10.9. The summed E-state index contributed by atoms with van der Waals surface area (Å²) in [5.74, 6) is -6.63. The van der Waals surface area contributed by atoms with E-state index in [-0.39, 0.29) is 29.7 Å². The van der Waals surface area contributed by atoms with Crippen molar-refractivity contribution in [3.8, 4) is 0 Å². The van der Waals surface area contributed by atoms with Crippen molar-refractivity contribution in [1.29, 1.82) is 0 Å². The lowest BCUT2D eigenvalue weighted by molar-refractivity contribution is -0.277. The van der Waals surface area contributed by atoms with Crippen LogP contribution in [0.1, 0.15) is 80.7 Å². The molecular weight excluding hydrogens is 676 g/mol. The fraction of sp³-hybridized carbons (Fsp3) is 0.538. The molecule has 0 heterocycles. The molecule has 3 aliphatic carbocycles. The van der Waals surface area contributed by atoms with Crippen molar-refractivity contribution in [2.45, 2.75) is 111 Å². The number of hydrogen-bond acceptors (Lipinski definition) is 13. The Hall–Kier alpha value is -4.78. The third-order valence-electron chi connectivity index (χ3n) is 10.9. The van der Waals surface area contributed by atoms with Gasteiger partial charge in [-0.3, -0.25) is 24.0 Å². The summed E-state index contributed by atoms with van der Waals surface area (Å²) in [6.45, 7) is 16.6. The number of fused-ring (bicyclic) bond motifs is 3. The topological polar surface area (TPSA) is 178 Å². The highest BCUT2D eigenvalue weighted by Crippen LogP contribution is 2.64. The number of benzene rings is 1. The summed E-state index contributed by atoms with van der Waals surface area (Å²) in [4.78, 5) is 77.5. The first kappa shape index (κ1) is 40.0. The van der Waals surface area contributed by atoms with Crippen LogP contribution < -0.4 is 0 Å². The van der Waals surface area contributed by atoms with Crippen LogP contribution in [0.15, 0.2) is 59.9 Å². The van der Waals surface area contributed by atoms with Crippen LogP contribution in [0, 0.1) is 22.7 Å². The second-order valence-corrected chi connectivity index (χ2v) is 14.5. The molecule has 0 aliphatic heterocycles. The predicted molar refractivity (Wildman–Crippen MR) is 184 cm³/mol. The van der Waals surface area contributed by atoms with E-state index in [0.29, 0.717) is 0 Å². The van der Waals surface area contributed by atoms with E-state index in [1.165, 1.54) is 33.8 Å². The molecule has 52 heavy (non-hydrogen) atoms. The van der Waals surface area contributed by atoms with E-state index in [0.717, 1.165) is 19.4 Å². The Morgan fingerprint density at radius 2 is 1.35 bits per heavy atom. The Kier molecular flexibility index (Phi) is 11.6. The lowest BCUT2D eigenvalue weighted by Crippen LogP contribution is -2.75. The van der Waals surface area contributed by atoms with Crippen molar-refractivity contribution < 1.29 is 62.3 Å². The van der Waals surface area contributed by atoms with Gasteiger partial charge in [-0.05, 0) is 24.1 Å². The van der Waals surface area contributed by atoms with Crippen LogP contribution in [-0.4, -0.2) is 77.0 Å². The SMILES string of the molecule is C=C1[C@@H](OC(=O)/C=C/c2ccccc2)C[C@@H](OC(C)=O)[C@@]2(C)[C@@H](OC(C)=O)[C@H](OC(C)=O)[C@@]3(O)C(C)=C(OC(C)=O)C[C@H]([C@@H](OC(C)=O)[C@H]12)C3(C)C. The normalized spacial score (nSPS) is 32.3. The average molecular weight is 725 g/mol. The first-order valence-electron chi connectivity index (χ1n) is 17.1. The molecule has 0 radical (unpaired) electrons. The second-order valence-electron chi connectivity index (χ2n) is 14.5. The van der Waals surface area contributed by atoms with E-state index >= 15 is 0 Å². The maximum atomic E-state index is 13.3. The fourth-order valence-electron chi connectivity index (χ4n) is 8.53. The molecule has 2 fully saturated rings. The molecule has 4 rings (SSSR count). The van der Waals surface area contributed by atoms with Gasteiger partial charge in [0.2, 0.25) is 0 Å². The summed E-state index contributed by atoms with van der Waals surface area (Å²) in [6, 6.07) is 9.04. The first-order valence-corrected chi connectivity index (χ1v) is 17.1. The van der Waals surface area contributed by atoms with Crippen LogP contribution in [0.5, 0.6) is 0 Å². The Balaban J connectivity index is 2.05. The van der Waals surface area contributed by atoms with Crippen LogP contribution in [0.4, 0.5) is 0 Å². The number of carbonyl (C=O) groups excluding carboxylic acids is 6. The number of esters is 6. The minimum absolute atomic E-state index is 0.0331. The van der Waals surface area contributed by atoms with Gasteiger partial charge in [-0.25, -0.2) is 4.79 Å². The summed E-state index contributed by atoms with van der Waals surface area (Å²) in [5.41, 5.74) is -4.22. The Labute approximate surface area is 303 Å². The number of hydrogen-bond donors (Lipinski definition) is 1. The van der Waals surface area contributed by atoms with Crippen LogP contribution in [-0.2, 0) is 57.2 Å². The largest absolute Gasteiger partial charge is 0.462 e. The van der Waals surface area contributed by atoms with Gasteiger partial charge < -0.3 is 33.5 Å². The van der Waals surface area contributed by atoms with Gasteiger partial charge in [0.25, 0.3) is 0 Å². The number of rotatable bonds is 8. The van der Waals surface area contributed by atoms with Gasteiger partial charge >= 0.3 is 35.8 Å². The van der Waals surface area contributed by atoms with Crippen molar-refractivity contribution in [3.05, 3.63) is 65.5 Å². The standard InChI is InChI=1S/C39H48O13/c1-20-29(52-32(45)17-16-27-14-12-11-13-15-27)19-31(48-23(4)41)38(10)33(20)34(49-24(5)42)28-18-30(47-22(3)40)21(2)39(46,37(28,8)9)36(51-26(7)44)35(38)50-25(6)43/h11-17,28-29,31,33-36,46H,1,18-19H2,2-10H3/b17-16+/t28-,29+,31-,33+,34-,35+,36+,38-,39+/m1/s1. The molecule has 13 heteroatoms. The average Bonchev–Trinajstić information content (AvgIpc) is 3.03. The van der Waals surface area contributed by atoms with E-state index in [1.807, 2.05) is 18.2 Å². The maximum Gasteiger partial charge on any atom is 0.331 e. The first-order chi connectivity index (χ1) is 24.2. The molecule has 0 spiro atoms. The number of carbonyl (C=O) groups is 6. The van der Waals surface area contributed by atoms with Crippen molar-refractivity contribution >= 4 is 41.9 Å². The second kappa shape index (κ2) is 15.1. The highest BCUT2D eigenvalue weighted by atomic mass is 16.6. The summed E-state index contributed by atoms with van der Waals surface area (Å²) >= 11 is 0. The van der Waals surface area contributed by atoms with Crippen LogP contribution in [0.25, 0.3) is 6.08 Å². The van der Waals surface area contributed by atoms with Crippen molar-refractivity contribution in [2.75, 3.05) is 0 Å². The summed E-state index contributed by atoms with van der Waals surface area (Å²) in [7, 11) is 0. The molecule has 2 bridgehead atoms. The summed E-state index contributed by atoms with van der Waals surface area (Å²) < 4.78 is 35.7. The molecule has 0 saturated heterocycles. The summed E-state index contributed by atoms with van der Waals surface area (Å²) in [6.07, 6.45) is -4.41. The lowest BCUT2D eigenvalue weighted by atomic mass is 9.45. The van der Waals surface area contributed by atoms with Gasteiger partial charge in [-0.1, -0.05) is 57.7 Å². The minimum atomic E-state index is -2.24. The van der Waals surface area contributed by atoms with Crippen LogP contribution in [0.2, 0.25) is 0 Å². The van der Waals surface area contributed by atoms with Crippen molar-refractivity contribution in [2.24, 2.45) is 22.7 Å². The Morgan fingerprint density at radius 1 is 0.788 bits per heavy atom. The third kappa shape index (κ3) is 7.41. The molecule has 13 nitrogen and oxygen atoms in total. The molecular formula is C39H48O13. The number of allylic oxidation sites excluding steroid dienone is 1. The molecule has 0 amide bonds. The van der Waals surface area contributed by atoms with Gasteiger partial charge in [0.1, 0.15) is 29.7 Å². The van der Waals surface area contributed by atoms with Crippen LogP contribution in [0.3, 0.4) is 0 Å². The van der Waals surface area contributed by atoms with Gasteiger partial charge in [0.05, 0.1) is 5.41 Å². The smallest absolute Gasteiger partial charge is 0.331 e. The molecule has 0 aromatic heterocycles. The van der Waals surface area contributed by atoms with Gasteiger partial charge in [-0.2, -0.15) is 0 Å². The quantitative estimate of drug-likeness (QED) is 0.171. The number of aliphatic hydroxyl groups is 1. The Bertz CT molecular complexity index is 1690. The van der Waals surface area contributed by atoms with Gasteiger partial charge in [0.15, 0.2) is 12.2 Å². The lowest BCUT2D eigenvalue weighted by Gasteiger charge is -2.64. The maximum absolute atomic E-state index is 13.3. The Morgan fingerprint density at radius 3 is 1.88 bits per heavy atom. The highest BCUT2D eigenvalue weighted by Gasteiger charge is 2.73. The molecule has 1 aromatic rings. The molecule has 3 aliphatic rings. The van der Waals surface area contributed by atoms with E-state index in [1.54, 1.807) is 39.0 Å². The molecule has 1 aromatic carbocycles. The molecule has 2 saturated carbocycles. The fourth-order valence-corrected chi connectivity index (χ4v) is 8.53. The predicted octanol–water partition coefficient (Wildman–Crippen LogP) is 4.55. The van der Waals surface area contributed by atoms with Gasteiger partial charge in [0, 0.05) is 76.4 Å². The van der Waals surface area contributed by atoms with E-state index in [4.69, 9.17) is 28.4 Å². The van der Waals surface area contributed by atoms with Crippen LogP contribution >= 0.6 is 0 Å². The zero-order valence-electron chi connectivity index (χ0n) is 31.1. The molecule has 0 unspecified atom stereocenters. The summed E-state index contributed by atoms with van der Waals surface area (Å²) in [5, 5.41) is 13.1. The number of ether oxygens (including phenoxy) is 6. The van der Waals surface area contributed by atoms with Crippen molar-refractivity contribution in [1.82, 2.24) is 0 Å². The van der Waals surface area contributed by atoms with E-state index < -0.39 is 94.6 Å². The zero-order valence-corrected chi connectivity index (χ0v) is 31.1. The van der Waals surface area contributed by atoms with E-state index in [9.17, 15) is 33.9 Å². The zero-order chi connectivity index (χ0) is 38.9. The van der Waals surface area contributed by atoms with Gasteiger partial charge in [-0.15, -0.1) is 0 Å². The van der Waals surface area contributed by atoms with Crippen molar-refractivity contribution in [3.63, 3.8) is 0 Å². The monoisotopic (exact) mass is 724 g/mol. The molecule has 1 N–H and O–H groups in total. The molecule has 9 atom stereocenters.